The van der Waals surface area contributed by atoms with Gasteiger partial charge in [0, 0.05) is 36.4 Å². The molecule has 1 amide bonds. The first kappa shape index (κ1) is 23.0. The van der Waals surface area contributed by atoms with Crippen LogP contribution in [0.1, 0.15) is 36.2 Å². The highest BCUT2D eigenvalue weighted by atomic mass is 19.4. The fourth-order valence-corrected chi connectivity index (χ4v) is 3.95. The smallest absolute Gasteiger partial charge is 0.394 e. The molecule has 1 aromatic carbocycles. The van der Waals surface area contributed by atoms with Crippen molar-refractivity contribution in [3.05, 3.63) is 58.1 Å². The van der Waals surface area contributed by atoms with Crippen LogP contribution in [0.3, 0.4) is 0 Å². The minimum Gasteiger partial charge on any atom is -0.394 e. The van der Waals surface area contributed by atoms with Gasteiger partial charge >= 0.3 is 11.9 Å². The molecule has 1 atom stereocenters. The maximum atomic E-state index is 12.9. The topological polar surface area (TPSA) is 103 Å². The number of hydrogen-bond acceptors (Lipinski definition) is 5. The normalized spacial score (nSPS) is 17.6. The zero-order chi connectivity index (χ0) is 24.0. The van der Waals surface area contributed by atoms with Crippen LogP contribution in [0, 0.1) is 0 Å². The summed E-state index contributed by atoms with van der Waals surface area (Å²) in [7, 11) is 0. The molecule has 0 saturated carbocycles. The molecule has 0 aliphatic carbocycles. The van der Waals surface area contributed by atoms with Gasteiger partial charge in [-0.05, 0) is 50.6 Å². The van der Waals surface area contributed by atoms with E-state index in [1.165, 1.54) is 6.07 Å². The number of amides is 1. The number of alkyl halides is 3. The van der Waals surface area contributed by atoms with Gasteiger partial charge in [0.15, 0.2) is 0 Å². The van der Waals surface area contributed by atoms with Gasteiger partial charge in [0.2, 0.25) is 0 Å². The van der Waals surface area contributed by atoms with Gasteiger partial charge in [-0.25, -0.2) is 14.3 Å². The molecular weight excluding hydrogens is 439 g/mol. The molecule has 4 rings (SSSR count). The number of aromatic nitrogens is 3. The Morgan fingerprint density at radius 1 is 1.27 bits per heavy atom. The van der Waals surface area contributed by atoms with E-state index >= 15 is 0 Å². The Balaban J connectivity index is 1.58. The number of rotatable bonds is 5. The average Bonchev–Trinajstić information content (AvgIpc) is 3.36. The number of fused-ring (bicyclic) bond motifs is 1. The largest absolute Gasteiger partial charge is 0.417 e. The molecule has 1 fully saturated rings. The highest BCUT2D eigenvalue weighted by Crippen LogP contribution is 2.29. The molecule has 1 aliphatic heterocycles. The van der Waals surface area contributed by atoms with Crippen LogP contribution in [-0.4, -0.2) is 61.7 Å². The molecule has 11 heteroatoms. The molecule has 8 nitrogen and oxygen atoms in total. The SMILES string of the molecule is CC(C)(CO)N1CC[C@@H](NC(=O)c2ccc3[nH]c(=O)n(-c4ccc(C(F)(F)F)cn4)c3c2)C1. The number of aliphatic hydroxyl groups is 1. The van der Waals surface area contributed by atoms with E-state index in [4.69, 9.17) is 0 Å². The van der Waals surface area contributed by atoms with Crippen molar-refractivity contribution < 1.29 is 23.1 Å². The number of carbonyl (C=O) groups is 1. The summed E-state index contributed by atoms with van der Waals surface area (Å²) in [5, 5.41) is 12.5. The van der Waals surface area contributed by atoms with Gasteiger partial charge in [0.1, 0.15) is 5.82 Å². The standard InChI is InChI=1S/C22H24F3N5O3/c1-21(2,12-31)29-8-7-15(11-29)27-19(32)13-3-5-16-17(9-13)30(20(33)28-16)18-6-4-14(10-26-18)22(23,24)25/h3-6,9-10,15,31H,7-8,11-12H2,1-2H3,(H,27,32)(H,28,33)/t15-/m1/s1. The summed E-state index contributed by atoms with van der Waals surface area (Å²) in [4.78, 5) is 33.8. The maximum Gasteiger partial charge on any atom is 0.417 e. The highest BCUT2D eigenvalue weighted by Gasteiger charge is 2.34. The maximum absolute atomic E-state index is 12.9. The third-order valence-electron chi connectivity index (χ3n) is 6.02. The molecule has 3 N–H and O–H groups in total. The first-order valence-electron chi connectivity index (χ1n) is 10.4. The number of likely N-dealkylation sites (tertiary alicyclic amines) is 1. The van der Waals surface area contributed by atoms with Crippen molar-refractivity contribution in [2.75, 3.05) is 19.7 Å². The van der Waals surface area contributed by atoms with Crippen molar-refractivity contribution in [2.24, 2.45) is 0 Å². The van der Waals surface area contributed by atoms with E-state index in [2.05, 4.69) is 20.2 Å². The van der Waals surface area contributed by atoms with E-state index in [1.54, 1.807) is 12.1 Å². The van der Waals surface area contributed by atoms with Crippen LogP contribution in [0.25, 0.3) is 16.9 Å². The highest BCUT2D eigenvalue weighted by molar-refractivity contribution is 5.97. The monoisotopic (exact) mass is 463 g/mol. The predicted octanol–water partition coefficient (Wildman–Crippen LogP) is 2.31. The second kappa shape index (κ2) is 8.31. The Morgan fingerprint density at radius 2 is 2.03 bits per heavy atom. The summed E-state index contributed by atoms with van der Waals surface area (Å²) < 4.78 is 39.6. The second-order valence-electron chi connectivity index (χ2n) is 8.78. The molecule has 0 radical (unpaired) electrons. The fraction of sp³-hybridized carbons (Fsp3) is 0.409. The lowest BCUT2D eigenvalue weighted by Gasteiger charge is -2.33. The Bertz CT molecular complexity index is 1230. The number of aromatic amines is 1. The number of halogens is 3. The number of H-pyrrole nitrogens is 1. The molecule has 2 aromatic heterocycles. The number of nitrogens with one attached hydrogen (secondary N) is 2. The molecule has 0 unspecified atom stereocenters. The van der Waals surface area contributed by atoms with Crippen LogP contribution < -0.4 is 11.0 Å². The lowest BCUT2D eigenvalue weighted by atomic mass is 10.1. The zero-order valence-electron chi connectivity index (χ0n) is 18.1. The third kappa shape index (κ3) is 4.51. The summed E-state index contributed by atoms with van der Waals surface area (Å²) in [5.41, 5.74) is -0.818. The summed E-state index contributed by atoms with van der Waals surface area (Å²) in [6, 6.07) is 6.52. The predicted molar refractivity (Wildman–Crippen MR) is 115 cm³/mol. The number of nitrogens with zero attached hydrogens (tertiary/aromatic N) is 3. The number of benzene rings is 1. The average molecular weight is 463 g/mol. The Morgan fingerprint density at radius 3 is 2.67 bits per heavy atom. The Kier molecular flexibility index (Phi) is 5.79. The lowest BCUT2D eigenvalue weighted by Crippen LogP contribution is -2.47. The minimum absolute atomic E-state index is 0.00728. The molecule has 1 saturated heterocycles. The van der Waals surface area contributed by atoms with Crippen molar-refractivity contribution in [3.8, 4) is 5.82 Å². The molecular formula is C22H24F3N5O3. The lowest BCUT2D eigenvalue weighted by molar-refractivity contribution is -0.137. The van der Waals surface area contributed by atoms with Gasteiger partial charge in [0.25, 0.3) is 5.91 Å². The Hall–Kier alpha value is -3.18. The van der Waals surface area contributed by atoms with E-state index in [9.17, 15) is 27.9 Å². The fourth-order valence-electron chi connectivity index (χ4n) is 3.95. The van der Waals surface area contributed by atoms with E-state index in [1.807, 2.05) is 13.8 Å². The molecule has 0 spiro atoms. The second-order valence-corrected chi connectivity index (χ2v) is 8.78. The minimum atomic E-state index is -4.54. The summed E-state index contributed by atoms with van der Waals surface area (Å²) in [6.45, 7) is 5.23. The summed E-state index contributed by atoms with van der Waals surface area (Å²) in [6.07, 6.45) is -3.14. The first-order valence-corrected chi connectivity index (χ1v) is 10.4. The molecule has 176 valence electrons. The molecule has 1 aliphatic rings. The van der Waals surface area contributed by atoms with E-state index in [0.717, 1.165) is 29.7 Å². The Labute approximate surface area is 187 Å². The first-order chi connectivity index (χ1) is 15.5. The van der Waals surface area contributed by atoms with Crippen LogP contribution in [-0.2, 0) is 6.18 Å². The number of aliphatic hydroxyl groups excluding tert-OH is 1. The van der Waals surface area contributed by atoms with Gasteiger partial charge in [-0.2, -0.15) is 13.2 Å². The van der Waals surface area contributed by atoms with Crippen molar-refractivity contribution >= 4 is 16.9 Å². The summed E-state index contributed by atoms with van der Waals surface area (Å²) >= 11 is 0. The van der Waals surface area contributed by atoms with Crippen LogP contribution >= 0.6 is 0 Å². The van der Waals surface area contributed by atoms with Crippen molar-refractivity contribution in [3.63, 3.8) is 0 Å². The van der Waals surface area contributed by atoms with Crippen molar-refractivity contribution in [1.82, 2.24) is 24.8 Å². The van der Waals surface area contributed by atoms with Gasteiger partial charge in [-0.3, -0.25) is 9.69 Å². The van der Waals surface area contributed by atoms with E-state index in [0.29, 0.717) is 29.3 Å². The van der Waals surface area contributed by atoms with Crippen molar-refractivity contribution in [1.29, 1.82) is 0 Å². The molecule has 0 bridgehead atoms. The third-order valence-corrected chi connectivity index (χ3v) is 6.02. The van der Waals surface area contributed by atoms with Crippen LogP contribution in [0.2, 0.25) is 0 Å². The van der Waals surface area contributed by atoms with Gasteiger partial charge < -0.3 is 15.4 Å². The molecule has 33 heavy (non-hydrogen) atoms. The van der Waals surface area contributed by atoms with E-state index in [-0.39, 0.29) is 29.9 Å². The van der Waals surface area contributed by atoms with Crippen LogP contribution in [0.15, 0.2) is 41.3 Å². The van der Waals surface area contributed by atoms with Crippen LogP contribution in [0.5, 0.6) is 0 Å². The van der Waals surface area contributed by atoms with Gasteiger partial charge in [0.05, 0.1) is 23.2 Å². The zero-order valence-corrected chi connectivity index (χ0v) is 18.1. The number of carbonyl (C=O) groups excluding carboxylic acids is 1. The van der Waals surface area contributed by atoms with Gasteiger partial charge in [-0.1, -0.05) is 0 Å². The van der Waals surface area contributed by atoms with Crippen molar-refractivity contribution in [2.45, 2.75) is 38.0 Å². The van der Waals surface area contributed by atoms with E-state index < -0.39 is 17.4 Å². The van der Waals surface area contributed by atoms with Crippen LogP contribution in [0.4, 0.5) is 13.2 Å². The quantitative estimate of drug-likeness (QED) is 0.539. The molecule has 3 aromatic rings. The number of hydrogen-bond donors (Lipinski definition) is 3. The van der Waals surface area contributed by atoms with Gasteiger partial charge in [-0.15, -0.1) is 0 Å². The summed E-state index contributed by atoms with van der Waals surface area (Å²) in [5.74, 6) is -0.319. The number of imidazole rings is 1. The number of pyridine rings is 1. The molecule has 3 heterocycles.